The Morgan fingerprint density at radius 3 is 2.22 bits per heavy atom. The highest BCUT2D eigenvalue weighted by Crippen LogP contribution is 2.36. The van der Waals surface area contributed by atoms with Gasteiger partial charge in [-0.15, -0.1) is 0 Å². The van der Waals surface area contributed by atoms with Crippen LogP contribution in [0.3, 0.4) is 0 Å². The van der Waals surface area contributed by atoms with Gasteiger partial charge in [-0.25, -0.2) is 8.42 Å². The minimum atomic E-state index is -3.66. The van der Waals surface area contributed by atoms with Crippen LogP contribution in [0.1, 0.15) is 37.8 Å². The van der Waals surface area contributed by atoms with Gasteiger partial charge in [0, 0.05) is 38.8 Å². The first-order chi connectivity index (χ1) is 19.7. The molecule has 1 unspecified atom stereocenters. The molecule has 3 aromatic rings. The Bertz CT molecular complexity index is 1400. The van der Waals surface area contributed by atoms with Crippen LogP contribution in [0.2, 0.25) is 0 Å². The van der Waals surface area contributed by atoms with Crippen molar-refractivity contribution in [3.63, 3.8) is 0 Å². The Balaban J connectivity index is 1.19. The van der Waals surface area contributed by atoms with Gasteiger partial charge in [0.05, 0.1) is 22.1 Å². The molecule has 0 aliphatic carbocycles. The lowest BCUT2D eigenvalue weighted by atomic mass is 9.70. The standard InChI is InChI=1S/C33H42N4O3S/c1-27(2)33(26-34,29-9-5-4-6-10-29)17-8-18-36-19-21-37(22-20-36)23-24-40-31-12-7-11-30(25-31)35-41(38,39)32-15-13-28(3)14-16-32/h4-7,9-16,25,27,35H,8,17-24H2,1-3H3. The van der Waals surface area contributed by atoms with Gasteiger partial charge in [-0.2, -0.15) is 5.26 Å². The normalized spacial score (nSPS) is 16.2. The van der Waals surface area contributed by atoms with Gasteiger partial charge in [-0.05, 0) is 62.1 Å². The van der Waals surface area contributed by atoms with E-state index < -0.39 is 15.4 Å². The van der Waals surface area contributed by atoms with Gasteiger partial charge in [-0.1, -0.05) is 67.9 Å². The zero-order chi connectivity index (χ0) is 29.3. The molecule has 1 N–H and O–H groups in total. The SMILES string of the molecule is Cc1ccc(S(=O)(=O)Nc2cccc(OCCN3CCN(CCCC(C#N)(c4ccccc4)C(C)C)CC3)c2)cc1. The van der Waals surface area contributed by atoms with E-state index in [1.54, 1.807) is 42.5 Å². The van der Waals surface area contributed by atoms with E-state index in [9.17, 15) is 13.7 Å². The van der Waals surface area contributed by atoms with Crippen LogP contribution in [0.4, 0.5) is 5.69 Å². The summed E-state index contributed by atoms with van der Waals surface area (Å²) >= 11 is 0. The van der Waals surface area contributed by atoms with Crippen molar-refractivity contribution >= 4 is 15.7 Å². The fraction of sp³-hybridized carbons (Fsp3) is 0.424. The minimum absolute atomic E-state index is 0.231. The van der Waals surface area contributed by atoms with Gasteiger partial charge in [0.2, 0.25) is 0 Å². The summed E-state index contributed by atoms with van der Waals surface area (Å²) in [5.74, 6) is 0.887. The molecule has 1 atom stereocenters. The maximum Gasteiger partial charge on any atom is 0.261 e. The first-order valence-corrected chi connectivity index (χ1v) is 15.9. The van der Waals surface area contributed by atoms with E-state index in [0.717, 1.165) is 63.2 Å². The average Bonchev–Trinajstić information content (AvgIpc) is 2.97. The predicted molar refractivity (Wildman–Crippen MR) is 165 cm³/mol. The summed E-state index contributed by atoms with van der Waals surface area (Å²) < 4.78 is 34.1. The number of sulfonamides is 1. The van der Waals surface area contributed by atoms with Gasteiger partial charge in [0.25, 0.3) is 10.0 Å². The van der Waals surface area contributed by atoms with Crippen LogP contribution in [-0.4, -0.2) is 64.1 Å². The summed E-state index contributed by atoms with van der Waals surface area (Å²) in [5, 5.41) is 10.1. The maximum atomic E-state index is 12.7. The van der Waals surface area contributed by atoms with Crippen molar-refractivity contribution in [3.05, 3.63) is 90.0 Å². The molecule has 0 spiro atoms. The largest absolute Gasteiger partial charge is 0.492 e. The van der Waals surface area contributed by atoms with Crippen molar-refractivity contribution in [1.82, 2.24) is 9.80 Å². The molecule has 0 bridgehead atoms. The van der Waals surface area contributed by atoms with E-state index in [1.807, 2.05) is 31.2 Å². The number of ether oxygens (including phenoxy) is 1. The van der Waals surface area contributed by atoms with Gasteiger partial charge in [0.1, 0.15) is 12.4 Å². The van der Waals surface area contributed by atoms with E-state index in [2.05, 4.69) is 46.6 Å². The van der Waals surface area contributed by atoms with Crippen LogP contribution in [0.25, 0.3) is 0 Å². The highest BCUT2D eigenvalue weighted by molar-refractivity contribution is 7.92. The van der Waals surface area contributed by atoms with Crippen molar-refractivity contribution in [2.24, 2.45) is 5.92 Å². The van der Waals surface area contributed by atoms with Crippen LogP contribution in [-0.2, 0) is 15.4 Å². The highest BCUT2D eigenvalue weighted by atomic mass is 32.2. The zero-order valence-electron chi connectivity index (χ0n) is 24.4. The molecule has 1 aliphatic heterocycles. The molecular formula is C33H42N4O3S. The second-order valence-electron chi connectivity index (χ2n) is 11.2. The van der Waals surface area contributed by atoms with Crippen molar-refractivity contribution in [2.45, 2.75) is 43.9 Å². The Morgan fingerprint density at radius 1 is 0.927 bits per heavy atom. The molecule has 1 fully saturated rings. The van der Waals surface area contributed by atoms with E-state index in [0.29, 0.717) is 18.0 Å². The van der Waals surface area contributed by atoms with E-state index in [1.165, 1.54) is 0 Å². The molecule has 8 heteroatoms. The number of nitrogens with one attached hydrogen (secondary N) is 1. The van der Waals surface area contributed by atoms with E-state index in [4.69, 9.17) is 4.74 Å². The number of nitriles is 1. The average molecular weight is 575 g/mol. The lowest BCUT2D eigenvalue weighted by molar-refractivity contribution is 0.114. The molecule has 41 heavy (non-hydrogen) atoms. The number of anilines is 1. The molecule has 7 nitrogen and oxygen atoms in total. The molecule has 3 aromatic carbocycles. The van der Waals surface area contributed by atoms with Crippen LogP contribution in [0.15, 0.2) is 83.8 Å². The predicted octanol–water partition coefficient (Wildman–Crippen LogP) is 5.69. The number of nitrogens with zero attached hydrogens (tertiary/aromatic N) is 3. The summed E-state index contributed by atoms with van der Waals surface area (Å²) in [6, 6.07) is 26.7. The summed E-state index contributed by atoms with van der Waals surface area (Å²) in [6.07, 6.45) is 1.85. The Kier molecular flexibility index (Phi) is 10.4. The number of aryl methyl sites for hydroxylation is 1. The summed E-state index contributed by atoms with van der Waals surface area (Å²) in [4.78, 5) is 5.13. The molecule has 1 heterocycles. The fourth-order valence-electron chi connectivity index (χ4n) is 5.44. The number of benzene rings is 3. The Hall–Kier alpha value is -3.38. The molecular weight excluding hydrogens is 532 g/mol. The molecule has 0 amide bonds. The van der Waals surface area contributed by atoms with Crippen LogP contribution in [0, 0.1) is 24.2 Å². The third-order valence-corrected chi connectivity index (χ3v) is 9.48. The summed E-state index contributed by atoms with van der Waals surface area (Å²) in [7, 11) is -3.66. The molecule has 1 saturated heterocycles. The van der Waals surface area contributed by atoms with Crippen molar-refractivity contribution in [1.29, 1.82) is 5.26 Å². The van der Waals surface area contributed by atoms with Crippen molar-refractivity contribution < 1.29 is 13.2 Å². The molecule has 0 radical (unpaired) electrons. The number of hydrogen-bond donors (Lipinski definition) is 1. The Morgan fingerprint density at radius 2 is 1.59 bits per heavy atom. The fourth-order valence-corrected chi connectivity index (χ4v) is 6.49. The summed E-state index contributed by atoms with van der Waals surface area (Å²) in [6.45, 7) is 12.5. The first kappa shape index (κ1) is 30.6. The number of piperazine rings is 1. The highest BCUT2D eigenvalue weighted by Gasteiger charge is 2.35. The molecule has 218 valence electrons. The van der Waals surface area contributed by atoms with Crippen LogP contribution < -0.4 is 9.46 Å². The van der Waals surface area contributed by atoms with Crippen molar-refractivity contribution in [3.8, 4) is 11.8 Å². The maximum absolute atomic E-state index is 12.7. The topological polar surface area (TPSA) is 85.7 Å². The van der Waals surface area contributed by atoms with Crippen LogP contribution in [0.5, 0.6) is 5.75 Å². The lowest BCUT2D eigenvalue weighted by Crippen LogP contribution is -2.47. The van der Waals surface area contributed by atoms with Gasteiger partial charge in [0.15, 0.2) is 0 Å². The van der Waals surface area contributed by atoms with Gasteiger partial charge < -0.3 is 9.64 Å². The van der Waals surface area contributed by atoms with E-state index in [-0.39, 0.29) is 10.8 Å². The van der Waals surface area contributed by atoms with Gasteiger partial charge >= 0.3 is 0 Å². The Labute approximate surface area is 245 Å². The first-order valence-electron chi connectivity index (χ1n) is 14.5. The number of rotatable bonds is 13. The second-order valence-corrected chi connectivity index (χ2v) is 12.9. The minimum Gasteiger partial charge on any atom is -0.492 e. The smallest absolute Gasteiger partial charge is 0.261 e. The van der Waals surface area contributed by atoms with Crippen LogP contribution >= 0.6 is 0 Å². The molecule has 0 saturated carbocycles. The van der Waals surface area contributed by atoms with Crippen molar-refractivity contribution in [2.75, 3.05) is 50.6 Å². The molecule has 4 rings (SSSR count). The quantitative estimate of drug-likeness (QED) is 0.282. The van der Waals surface area contributed by atoms with Gasteiger partial charge in [-0.3, -0.25) is 9.62 Å². The zero-order valence-corrected chi connectivity index (χ0v) is 25.2. The monoisotopic (exact) mass is 574 g/mol. The van der Waals surface area contributed by atoms with E-state index >= 15 is 0 Å². The second kappa shape index (κ2) is 14.0. The number of hydrogen-bond acceptors (Lipinski definition) is 6. The lowest BCUT2D eigenvalue weighted by Gasteiger charge is -2.36. The molecule has 1 aliphatic rings. The third-order valence-electron chi connectivity index (χ3n) is 8.08. The molecule has 0 aromatic heterocycles. The summed E-state index contributed by atoms with van der Waals surface area (Å²) in [5.41, 5.74) is 2.16. The third kappa shape index (κ3) is 8.10.